The molecule has 1 aromatic carbocycles. The van der Waals surface area contributed by atoms with Gasteiger partial charge in [0, 0.05) is 24.0 Å². The third-order valence-electron chi connectivity index (χ3n) is 2.77. The number of nitrogens with zero attached hydrogens (tertiary/aromatic N) is 1. The first-order chi connectivity index (χ1) is 9.11. The van der Waals surface area contributed by atoms with Gasteiger partial charge in [0.15, 0.2) is 0 Å². The number of hydrogen-bond donors (Lipinski definition) is 1. The molecule has 2 aromatic rings. The van der Waals surface area contributed by atoms with Crippen molar-refractivity contribution < 1.29 is 9.84 Å². The maximum atomic E-state index is 10.2. The van der Waals surface area contributed by atoms with Gasteiger partial charge in [-0.05, 0) is 13.8 Å². The van der Waals surface area contributed by atoms with Gasteiger partial charge in [-0.2, -0.15) is 0 Å². The number of ether oxygens (including phenoxy) is 1. The maximum absolute atomic E-state index is 10.2. The zero-order valence-corrected chi connectivity index (χ0v) is 12.1. The maximum Gasteiger partial charge on any atom is 0.0962 e. The standard InChI is InChI=1S/C15H19NO2S/c1-3-18-11-15(2,17)9-14-16-13(10-19-14)12-7-5-4-6-8-12/h4-8,10,17H,3,9,11H2,1-2H3. The van der Waals surface area contributed by atoms with Gasteiger partial charge in [0.05, 0.1) is 22.9 Å². The zero-order valence-electron chi connectivity index (χ0n) is 11.3. The fourth-order valence-electron chi connectivity index (χ4n) is 1.83. The minimum absolute atomic E-state index is 0.337. The molecule has 0 saturated heterocycles. The van der Waals surface area contributed by atoms with E-state index in [4.69, 9.17) is 4.74 Å². The molecule has 0 aliphatic heterocycles. The van der Waals surface area contributed by atoms with E-state index in [2.05, 4.69) is 4.98 Å². The SMILES string of the molecule is CCOCC(C)(O)Cc1nc(-c2ccccc2)cs1. The molecule has 2 rings (SSSR count). The molecule has 0 radical (unpaired) electrons. The van der Waals surface area contributed by atoms with Gasteiger partial charge >= 0.3 is 0 Å². The van der Waals surface area contributed by atoms with Crippen molar-refractivity contribution >= 4 is 11.3 Å². The average molecular weight is 277 g/mol. The highest BCUT2D eigenvalue weighted by molar-refractivity contribution is 7.09. The van der Waals surface area contributed by atoms with Crippen LogP contribution in [0.5, 0.6) is 0 Å². The molecule has 0 amide bonds. The van der Waals surface area contributed by atoms with Crippen LogP contribution in [0.2, 0.25) is 0 Å². The van der Waals surface area contributed by atoms with Gasteiger partial charge in [-0.15, -0.1) is 11.3 Å². The Morgan fingerprint density at radius 3 is 2.74 bits per heavy atom. The Hall–Kier alpha value is -1.23. The third kappa shape index (κ3) is 4.13. The summed E-state index contributed by atoms with van der Waals surface area (Å²) in [6.07, 6.45) is 0.518. The molecule has 1 heterocycles. The van der Waals surface area contributed by atoms with Crippen LogP contribution in [0.4, 0.5) is 0 Å². The molecule has 1 aromatic heterocycles. The predicted molar refractivity (Wildman–Crippen MR) is 78.4 cm³/mol. The summed E-state index contributed by atoms with van der Waals surface area (Å²) in [6.45, 7) is 4.66. The van der Waals surface area contributed by atoms with Crippen LogP contribution in [-0.4, -0.2) is 28.9 Å². The van der Waals surface area contributed by atoms with E-state index in [0.717, 1.165) is 16.3 Å². The Labute approximate surface area is 117 Å². The second-order valence-corrected chi connectivity index (χ2v) is 5.75. The molecule has 0 fully saturated rings. The Morgan fingerprint density at radius 1 is 1.32 bits per heavy atom. The van der Waals surface area contributed by atoms with Crippen molar-refractivity contribution in [1.29, 1.82) is 0 Å². The van der Waals surface area contributed by atoms with Gasteiger partial charge in [0.1, 0.15) is 0 Å². The molecular weight excluding hydrogens is 258 g/mol. The first-order valence-electron chi connectivity index (χ1n) is 6.41. The van der Waals surface area contributed by atoms with Crippen LogP contribution < -0.4 is 0 Å². The van der Waals surface area contributed by atoms with Crippen LogP contribution in [-0.2, 0) is 11.2 Å². The Kier molecular flexibility index (Phi) is 4.69. The van der Waals surface area contributed by atoms with Crippen LogP contribution in [0, 0.1) is 0 Å². The van der Waals surface area contributed by atoms with Gasteiger partial charge in [0.2, 0.25) is 0 Å². The molecule has 102 valence electrons. The van der Waals surface area contributed by atoms with Crippen LogP contribution in [0.1, 0.15) is 18.9 Å². The summed E-state index contributed by atoms with van der Waals surface area (Å²) in [4.78, 5) is 4.58. The van der Waals surface area contributed by atoms with Crippen molar-refractivity contribution in [1.82, 2.24) is 4.98 Å². The number of thiazole rings is 1. The third-order valence-corrected chi connectivity index (χ3v) is 3.62. The van der Waals surface area contributed by atoms with Crippen LogP contribution in [0.25, 0.3) is 11.3 Å². The van der Waals surface area contributed by atoms with Crippen molar-refractivity contribution in [2.24, 2.45) is 0 Å². The van der Waals surface area contributed by atoms with Crippen molar-refractivity contribution in [3.63, 3.8) is 0 Å². The van der Waals surface area contributed by atoms with E-state index in [0.29, 0.717) is 19.6 Å². The molecule has 3 nitrogen and oxygen atoms in total. The number of benzene rings is 1. The van der Waals surface area contributed by atoms with E-state index in [1.807, 2.05) is 42.6 Å². The van der Waals surface area contributed by atoms with Gasteiger partial charge in [-0.3, -0.25) is 0 Å². The minimum atomic E-state index is -0.859. The normalized spacial score (nSPS) is 14.3. The minimum Gasteiger partial charge on any atom is -0.387 e. The predicted octanol–water partition coefficient (Wildman–Crippen LogP) is 3.14. The lowest BCUT2D eigenvalue weighted by molar-refractivity contribution is -0.0296. The lowest BCUT2D eigenvalue weighted by atomic mass is 10.0. The Bertz CT molecular complexity index is 508. The summed E-state index contributed by atoms with van der Waals surface area (Å²) in [6, 6.07) is 10.1. The Balaban J connectivity index is 2.05. The second-order valence-electron chi connectivity index (χ2n) is 4.80. The highest BCUT2D eigenvalue weighted by Gasteiger charge is 2.23. The summed E-state index contributed by atoms with van der Waals surface area (Å²) >= 11 is 1.58. The molecular formula is C15H19NO2S. The molecule has 1 atom stereocenters. The van der Waals surface area contributed by atoms with E-state index >= 15 is 0 Å². The first-order valence-corrected chi connectivity index (χ1v) is 7.28. The zero-order chi connectivity index (χ0) is 13.7. The highest BCUT2D eigenvalue weighted by Crippen LogP contribution is 2.24. The highest BCUT2D eigenvalue weighted by atomic mass is 32.1. The lowest BCUT2D eigenvalue weighted by Crippen LogP contribution is -2.33. The molecule has 1 unspecified atom stereocenters. The van der Waals surface area contributed by atoms with E-state index in [1.165, 1.54) is 0 Å². The summed E-state index contributed by atoms with van der Waals surface area (Å²) in [7, 11) is 0. The van der Waals surface area contributed by atoms with Gasteiger partial charge in [-0.1, -0.05) is 30.3 Å². The van der Waals surface area contributed by atoms with Crippen molar-refractivity contribution in [3.8, 4) is 11.3 Å². The quantitative estimate of drug-likeness (QED) is 0.882. The molecule has 0 aliphatic carbocycles. The number of rotatable bonds is 6. The van der Waals surface area contributed by atoms with Gasteiger partial charge in [0.25, 0.3) is 0 Å². The van der Waals surface area contributed by atoms with Crippen LogP contribution in [0.15, 0.2) is 35.7 Å². The summed E-state index contributed by atoms with van der Waals surface area (Å²) in [5.41, 5.74) is 1.21. The van der Waals surface area contributed by atoms with E-state index in [1.54, 1.807) is 18.3 Å². The van der Waals surface area contributed by atoms with E-state index in [-0.39, 0.29) is 0 Å². The summed E-state index contributed by atoms with van der Waals surface area (Å²) in [5, 5.41) is 13.2. The lowest BCUT2D eigenvalue weighted by Gasteiger charge is -2.21. The molecule has 4 heteroatoms. The fourth-order valence-corrected chi connectivity index (χ4v) is 2.81. The first kappa shape index (κ1) is 14.2. The monoisotopic (exact) mass is 277 g/mol. The Morgan fingerprint density at radius 2 is 2.05 bits per heavy atom. The van der Waals surface area contributed by atoms with Crippen molar-refractivity contribution in [2.45, 2.75) is 25.9 Å². The summed E-state index contributed by atoms with van der Waals surface area (Å²) in [5.74, 6) is 0. The summed E-state index contributed by atoms with van der Waals surface area (Å²) < 4.78 is 5.29. The van der Waals surface area contributed by atoms with Gasteiger partial charge in [-0.25, -0.2) is 4.98 Å². The molecule has 19 heavy (non-hydrogen) atoms. The number of aliphatic hydroxyl groups is 1. The van der Waals surface area contributed by atoms with Crippen LogP contribution >= 0.6 is 11.3 Å². The van der Waals surface area contributed by atoms with Crippen molar-refractivity contribution in [2.75, 3.05) is 13.2 Å². The fraction of sp³-hybridized carbons (Fsp3) is 0.400. The van der Waals surface area contributed by atoms with E-state index < -0.39 is 5.60 Å². The number of aromatic nitrogens is 1. The largest absolute Gasteiger partial charge is 0.387 e. The number of hydrogen-bond acceptors (Lipinski definition) is 4. The molecule has 0 saturated carbocycles. The molecule has 0 bridgehead atoms. The molecule has 0 spiro atoms. The molecule has 0 aliphatic rings. The van der Waals surface area contributed by atoms with E-state index in [9.17, 15) is 5.11 Å². The smallest absolute Gasteiger partial charge is 0.0962 e. The van der Waals surface area contributed by atoms with Gasteiger partial charge < -0.3 is 9.84 Å². The topological polar surface area (TPSA) is 42.4 Å². The molecule has 1 N–H and O–H groups in total. The average Bonchev–Trinajstić information content (AvgIpc) is 2.85. The van der Waals surface area contributed by atoms with Crippen LogP contribution in [0.3, 0.4) is 0 Å². The second kappa shape index (κ2) is 6.28. The van der Waals surface area contributed by atoms with Crippen molar-refractivity contribution in [3.05, 3.63) is 40.7 Å².